The molecule has 108 valence electrons. The molecule has 0 aromatic heterocycles. The van der Waals surface area contributed by atoms with Crippen LogP contribution in [0.3, 0.4) is 0 Å². The van der Waals surface area contributed by atoms with E-state index in [1.165, 1.54) is 25.0 Å². The molecule has 20 heavy (non-hydrogen) atoms. The number of carbonyl (C=O) groups is 1. The maximum Gasteiger partial charge on any atom is 0.162 e. The molecule has 5 heteroatoms. The summed E-state index contributed by atoms with van der Waals surface area (Å²) >= 11 is 7.02. The van der Waals surface area contributed by atoms with Crippen LogP contribution in [0.5, 0.6) is 0 Å². The summed E-state index contributed by atoms with van der Waals surface area (Å²) in [5.74, 6) is 0.619. The van der Waals surface area contributed by atoms with Crippen molar-refractivity contribution in [2.45, 2.75) is 25.7 Å². The van der Waals surface area contributed by atoms with Gasteiger partial charge in [0, 0.05) is 30.8 Å². The van der Waals surface area contributed by atoms with Gasteiger partial charge in [0.25, 0.3) is 0 Å². The van der Waals surface area contributed by atoms with Gasteiger partial charge in [-0.1, -0.05) is 24.0 Å². The van der Waals surface area contributed by atoms with Gasteiger partial charge in [-0.05, 0) is 43.5 Å². The number of thiocarbonyl (C=S) groups is 1. The number of hydrogen-bond donors (Lipinski definition) is 0. The molecule has 1 aliphatic rings. The van der Waals surface area contributed by atoms with Gasteiger partial charge in [0.1, 0.15) is 10.1 Å². The average molecular weight is 311 g/mol. The summed E-state index contributed by atoms with van der Waals surface area (Å²) in [6.45, 7) is 2.14. The number of ketones is 1. The molecule has 1 heterocycles. The molecular weight excluding hydrogens is 293 g/mol. The van der Waals surface area contributed by atoms with Gasteiger partial charge < -0.3 is 4.90 Å². The minimum absolute atomic E-state index is 0.0673. The predicted molar refractivity (Wildman–Crippen MR) is 85.8 cm³/mol. The highest BCUT2D eigenvalue weighted by molar-refractivity contribution is 8.22. The molecule has 0 radical (unpaired) electrons. The number of benzene rings is 1. The van der Waals surface area contributed by atoms with E-state index in [0.717, 1.165) is 29.6 Å². The minimum Gasteiger partial charge on any atom is -0.358 e. The summed E-state index contributed by atoms with van der Waals surface area (Å²) in [7, 11) is 0. The first-order valence-corrected chi connectivity index (χ1v) is 8.26. The topological polar surface area (TPSA) is 20.3 Å². The molecule has 2 nitrogen and oxygen atoms in total. The lowest BCUT2D eigenvalue weighted by Gasteiger charge is -2.17. The van der Waals surface area contributed by atoms with Gasteiger partial charge in [-0.25, -0.2) is 4.39 Å². The third-order valence-corrected chi connectivity index (χ3v) is 4.91. The van der Waals surface area contributed by atoms with Crippen molar-refractivity contribution in [3.63, 3.8) is 0 Å². The van der Waals surface area contributed by atoms with E-state index in [0.29, 0.717) is 12.0 Å². The van der Waals surface area contributed by atoms with Gasteiger partial charge in [0.15, 0.2) is 5.78 Å². The van der Waals surface area contributed by atoms with Crippen LogP contribution in [0.15, 0.2) is 24.3 Å². The Hall–Kier alpha value is -0.940. The zero-order valence-electron chi connectivity index (χ0n) is 11.3. The fraction of sp³-hybridized carbons (Fsp3) is 0.467. The first-order valence-electron chi connectivity index (χ1n) is 6.87. The lowest BCUT2D eigenvalue weighted by Crippen LogP contribution is -2.23. The third-order valence-electron chi connectivity index (χ3n) is 3.30. The van der Waals surface area contributed by atoms with Crippen LogP contribution in [-0.4, -0.2) is 33.8 Å². The number of hydrogen-bond acceptors (Lipinski definition) is 3. The second-order valence-electron chi connectivity index (χ2n) is 4.84. The highest BCUT2D eigenvalue weighted by atomic mass is 32.2. The van der Waals surface area contributed by atoms with E-state index in [1.54, 1.807) is 23.9 Å². The second-order valence-corrected chi connectivity index (χ2v) is 6.57. The highest BCUT2D eigenvalue weighted by Gasteiger charge is 2.15. The lowest BCUT2D eigenvalue weighted by molar-refractivity contribution is 0.0982. The molecule has 1 fully saturated rings. The SMILES string of the molecule is O=C(CCCSC(=S)N1CCCC1)c1ccc(F)cc1. The third kappa shape index (κ3) is 4.56. The second kappa shape index (κ2) is 7.74. The molecule has 0 unspecified atom stereocenters. The Morgan fingerprint density at radius 1 is 1.25 bits per heavy atom. The molecule has 1 aliphatic heterocycles. The van der Waals surface area contributed by atoms with Crippen molar-refractivity contribution in [1.29, 1.82) is 0 Å². The fourth-order valence-electron chi connectivity index (χ4n) is 2.16. The summed E-state index contributed by atoms with van der Waals surface area (Å²) < 4.78 is 13.7. The maximum absolute atomic E-state index is 12.8. The fourth-order valence-corrected chi connectivity index (χ4v) is 3.42. The van der Waals surface area contributed by atoms with E-state index in [9.17, 15) is 9.18 Å². The van der Waals surface area contributed by atoms with Crippen LogP contribution in [0, 0.1) is 5.82 Å². The molecular formula is C15H18FNOS2. The Labute approximate surface area is 128 Å². The highest BCUT2D eigenvalue weighted by Crippen LogP contribution is 2.18. The Morgan fingerprint density at radius 3 is 2.55 bits per heavy atom. The van der Waals surface area contributed by atoms with Crippen LogP contribution >= 0.6 is 24.0 Å². The van der Waals surface area contributed by atoms with E-state index in [-0.39, 0.29) is 11.6 Å². The molecule has 0 bridgehead atoms. The number of nitrogens with zero attached hydrogens (tertiary/aromatic N) is 1. The van der Waals surface area contributed by atoms with Crippen molar-refractivity contribution < 1.29 is 9.18 Å². The number of thioether (sulfide) groups is 1. The Kier molecular flexibility index (Phi) is 5.98. The van der Waals surface area contributed by atoms with E-state index < -0.39 is 0 Å². The van der Waals surface area contributed by atoms with Crippen molar-refractivity contribution in [2.24, 2.45) is 0 Å². The summed E-state index contributed by atoms with van der Waals surface area (Å²) in [5, 5.41) is 0. The van der Waals surface area contributed by atoms with Crippen molar-refractivity contribution in [3.8, 4) is 0 Å². The zero-order valence-corrected chi connectivity index (χ0v) is 12.9. The molecule has 0 spiro atoms. The van der Waals surface area contributed by atoms with Crippen LogP contribution in [0.4, 0.5) is 4.39 Å². The van der Waals surface area contributed by atoms with Crippen LogP contribution in [0.25, 0.3) is 0 Å². The summed E-state index contributed by atoms with van der Waals surface area (Å²) in [6.07, 6.45) is 3.74. The Morgan fingerprint density at radius 2 is 1.90 bits per heavy atom. The van der Waals surface area contributed by atoms with Crippen LogP contribution in [-0.2, 0) is 0 Å². The normalized spacial score (nSPS) is 14.6. The molecule has 1 saturated heterocycles. The van der Waals surface area contributed by atoms with Gasteiger partial charge in [-0.15, -0.1) is 0 Å². The van der Waals surface area contributed by atoms with Gasteiger partial charge in [0.2, 0.25) is 0 Å². The standard InChI is InChI=1S/C15H18FNOS2/c16-13-7-5-12(6-8-13)14(18)4-3-11-20-15(19)17-9-1-2-10-17/h5-8H,1-4,9-11H2. The van der Waals surface area contributed by atoms with Crippen LogP contribution < -0.4 is 0 Å². The van der Waals surface area contributed by atoms with Crippen molar-refractivity contribution in [3.05, 3.63) is 35.6 Å². The van der Waals surface area contributed by atoms with E-state index in [4.69, 9.17) is 12.2 Å². The number of likely N-dealkylation sites (tertiary alicyclic amines) is 1. The molecule has 0 amide bonds. The van der Waals surface area contributed by atoms with Gasteiger partial charge >= 0.3 is 0 Å². The van der Waals surface area contributed by atoms with E-state index >= 15 is 0 Å². The molecule has 0 N–H and O–H groups in total. The Balaban J connectivity index is 1.66. The average Bonchev–Trinajstić information content (AvgIpc) is 2.98. The molecule has 1 aromatic carbocycles. The minimum atomic E-state index is -0.312. The quantitative estimate of drug-likeness (QED) is 0.467. The summed E-state index contributed by atoms with van der Waals surface area (Å²) in [6, 6.07) is 5.73. The van der Waals surface area contributed by atoms with Gasteiger partial charge in [-0.2, -0.15) is 0 Å². The van der Waals surface area contributed by atoms with Crippen molar-refractivity contribution >= 4 is 34.1 Å². The first-order chi connectivity index (χ1) is 9.66. The van der Waals surface area contributed by atoms with Crippen LogP contribution in [0.1, 0.15) is 36.0 Å². The van der Waals surface area contributed by atoms with Gasteiger partial charge in [-0.3, -0.25) is 4.79 Å². The van der Waals surface area contributed by atoms with Crippen molar-refractivity contribution in [2.75, 3.05) is 18.8 Å². The predicted octanol–water partition coefficient (Wildman–Crippen LogP) is 3.90. The number of carbonyl (C=O) groups excluding carboxylic acids is 1. The summed E-state index contributed by atoms with van der Waals surface area (Å²) in [5.41, 5.74) is 0.582. The molecule has 0 aliphatic carbocycles. The number of rotatable bonds is 5. The van der Waals surface area contributed by atoms with Gasteiger partial charge in [0.05, 0.1) is 0 Å². The zero-order chi connectivity index (χ0) is 14.4. The molecule has 0 atom stereocenters. The molecule has 2 rings (SSSR count). The number of Topliss-reactive ketones (excluding diaryl/α,β-unsaturated/α-hetero) is 1. The van der Waals surface area contributed by atoms with Crippen LogP contribution in [0.2, 0.25) is 0 Å². The monoisotopic (exact) mass is 311 g/mol. The van der Waals surface area contributed by atoms with E-state index in [2.05, 4.69) is 4.90 Å². The lowest BCUT2D eigenvalue weighted by atomic mass is 10.1. The molecule has 0 saturated carbocycles. The Bertz CT molecular complexity index is 469. The van der Waals surface area contributed by atoms with E-state index in [1.807, 2.05) is 0 Å². The maximum atomic E-state index is 12.8. The van der Waals surface area contributed by atoms with Crippen molar-refractivity contribution in [1.82, 2.24) is 4.90 Å². The number of halogens is 1. The summed E-state index contributed by atoms with van der Waals surface area (Å²) in [4.78, 5) is 14.1. The molecule has 1 aromatic rings. The largest absolute Gasteiger partial charge is 0.358 e. The smallest absolute Gasteiger partial charge is 0.162 e. The first kappa shape index (κ1) is 15.4.